The molecule has 1 aromatic carbocycles. The molecule has 4 amide bonds. The van der Waals surface area contributed by atoms with Gasteiger partial charge in [0.25, 0.3) is 11.8 Å². The maximum absolute atomic E-state index is 14.8. The van der Waals surface area contributed by atoms with Crippen molar-refractivity contribution in [1.29, 1.82) is 0 Å². The Morgan fingerprint density at radius 3 is 2.38 bits per heavy atom. The van der Waals surface area contributed by atoms with Crippen LogP contribution in [0, 0.1) is 5.41 Å². The molecule has 10 nitrogen and oxygen atoms in total. The normalized spacial score (nSPS) is 14.4. The summed E-state index contributed by atoms with van der Waals surface area (Å²) in [4.78, 5) is 56.9. The molecule has 0 saturated heterocycles. The van der Waals surface area contributed by atoms with Gasteiger partial charge in [-0.2, -0.15) is 11.8 Å². The molecule has 2 aromatic rings. The number of nitrogens with two attached hydrogens (primary N) is 1. The number of halogens is 2. The Balaban J connectivity index is 1.72. The molecular weight excluding hydrogens is 687 g/mol. The quantitative estimate of drug-likeness (QED) is 0.0875. The minimum Gasteiger partial charge on any atom is -0.331 e. The lowest BCUT2D eigenvalue weighted by molar-refractivity contribution is -0.134. The topological polar surface area (TPSA) is 131 Å². The molecule has 0 saturated carbocycles. The second-order valence-corrected chi connectivity index (χ2v) is 14.5. The number of benzene rings is 1. The van der Waals surface area contributed by atoms with Crippen LogP contribution in [0.15, 0.2) is 91.5 Å². The van der Waals surface area contributed by atoms with Crippen LogP contribution < -0.4 is 11.1 Å². The summed E-state index contributed by atoms with van der Waals surface area (Å²) in [5.74, 6) is -1.22. The number of nitrogens with one attached hydrogen (secondary N) is 1. The van der Waals surface area contributed by atoms with Gasteiger partial charge in [0.2, 0.25) is 11.8 Å². The van der Waals surface area contributed by atoms with Crippen molar-refractivity contribution in [3.8, 4) is 0 Å². The number of carbonyl (C=O) groups excluding carboxylic acids is 4. The first kappa shape index (κ1) is 41.8. The number of imidazole rings is 1. The standard InChI is InChI=1S/C39H50F2N6O4S/c1-6-30(41)24-31(28(2)40)32-26-45(25-29-14-9-7-10-15-29)38(44-32)37(39(3,4)5)47(21-13-19-42)36(51)27-52-23-12-8-11-16-33(48)43-20-22-46-34(49)17-18-35(46)50/h6-7,9-10,14-15,17-18,20,22,24,26,37H,2,8,11-13,16,19,21,23,25,27,42H2,1,3-5H3,(H,43,48)/b22-20+,30-6+,31-24+/t37-/m0/s1. The first-order valence-corrected chi connectivity index (χ1v) is 18.5. The number of allylic oxidation sites excluding steroid dienone is 5. The van der Waals surface area contributed by atoms with Crippen LogP contribution in [0.2, 0.25) is 0 Å². The van der Waals surface area contributed by atoms with Gasteiger partial charge < -0.3 is 20.5 Å². The molecule has 1 aliphatic heterocycles. The van der Waals surface area contributed by atoms with Crippen LogP contribution in [0.25, 0.3) is 5.57 Å². The zero-order chi connectivity index (χ0) is 38.3. The minimum atomic E-state index is -0.823. The van der Waals surface area contributed by atoms with Gasteiger partial charge >= 0.3 is 0 Å². The molecule has 0 unspecified atom stereocenters. The SMILES string of the molecule is C=C(F)/C(=C\C(F)=C/C)c1cn(Cc2ccccc2)c([C@H](N(CCCN)C(=O)CSCCCCCC(=O)N/C=C/N2C(=O)C=CC2=O)C(C)(C)C)n1. The highest BCUT2D eigenvalue weighted by molar-refractivity contribution is 7.99. The van der Waals surface area contributed by atoms with Gasteiger partial charge in [0.05, 0.1) is 17.5 Å². The Labute approximate surface area is 309 Å². The van der Waals surface area contributed by atoms with Crippen LogP contribution in [-0.2, 0) is 25.7 Å². The van der Waals surface area contributed by atoms with Crippen molar-refractivity contribution in [2.75, 3.05) is 24.6 Å². The number of unbranched alkanes of at least 4 members (excludes halogenated alkanes) is 2. The van der Waals surface area contributed by atoms with E-state index < -0.39 is 34.9 Å². The summed E-state index contributed by atoms with van der Waals surface area (Å²) in [6.45, 7) is 12.2. The van der Waals surface area contributed by atoms with E-state index in [-0.39, 0.29) is 35.3 Å². The summed E-state index contributed by atoms with van der Waals surface area (Å²) in [7, 11) is 0. The van der Waals surface area contributed by atoms with Crippen molar-refractivity contribution in [2.45, 2.75) is 72.4 Å². The lowest BCUT2D eigenvalue weighted by Crippen LogP contribution is -2.44. The molecule has 0 bridgehead atoms. The number of hydrogen-bond acceptors (Lipinski definition) is 7. The van der Waals surface area contributed by atoms with E-state index in [0.717, 1.165) is 41.5 Å². The van der Waals surface area contributed by atoms with E-state index in [0.29, 0.717) is 44.1 Å². The predicted octanol–water partition coefficient (Wildman–Crippen LogP) is 6.74. The van der Waals surface area contributed by atoms with E-state index >= 15 is 0 Å². The number of nitrogens with zero attached hydrogens (tertiary/aromatic N) is 4. The summed E-state index contributed by atoms with van der Waals surface area (Å²) in [5, 5.41) is 2.56. The van der Waals surface area contributed by atoms with Crippen LogP contribution in [0.3, 0.4) is 0 Å². The first-order valence-electron chi connectivity index (χ1n) is 17.3. The zero-order valence-electron chi connectivity index (χ0n) is 30.4. The Hall–Kier alpha value is -4.62. The van der Waals surface area contributed by atoms with Crippen molar-refractivity contribution in [3.63, 3.8) is 0 Å². The summed E-state index contributed by atoms with van der Waals surface area (Å²) < 4.78 is 31.1. The monoisotopic (exact) mass is 736 g/mol. The van der Waals surface area contributed by atoms with E-state index in [1.165, 1.54) is 37.2 Å². The highest BCUT2D eigenvalue weighted by atomic mass is 32.2. The number of imide groups is 1. The third kappa shape index (κ3) is 12.6. The molecular formula is C39H50F2N6O4S. The van der Waals surface area contributed by atoms with E-state index in [4.69, 9.17) is 10.7 Å². The molecule has 2 heterocycles. The fraction of sp³-hybridized carbons (Fsp3) is 0.410. The number of thioether (sulfide) groups is 1. The summed E-state index contributed by atoms with van der Waals surface area (Å²) in [6.07, 6.45) is 11.9. The molecule has 1 aliphatic rings. The molecule has 52 heavy (non-hydrogen) atoms. The number of aromatic nitrogens is 2. The van der Waals surface area contributed by atoms with Gasteiger partial charge in [-0.3, -0.25) is 19.2 Å². The van der Waals surface area contributed by atoms with Gasteiger partial charge in [0, 0.05) is 55.8 Å². The first-order chi connectivity index (χ1) is 24.8. The van der Waals surface area contributed by atoms with Crippen molar-refractivity contribution in [2.24, 2.45) is 11.1 Å². The molecule has 0 fully saturated rings. The Morgan fingerprint density at radius 2 is 1.77 bits per heavy atom. The van der Waals surface area contributed by atoms with Crippen LogP contribution in [0.5, 0.6) is 0 Å². The second-order valence-electron chi connectivity index (χ2n) is 13.4. The van der Waals surface area contributed by atoms with Crippen LogP contribution in [0.4, 0.5) is 8.78 Å². The lowest BCUT2D eigenvalue weighted by atomic mass is 9.84. The second kappa shape index (κ2) is 20.4. The molecule has 280 valence electrons. The lowest BCUT2D eigenvalue weighted by Gasteiger charge is -2.40. The summed E-state index contributed by atoms with van der Waals surface area (Å²) in [5.41, 5.74) is 6.52. The van der Waals surface area contributed by atoms with Gasteiger partial charge in [0.1, 0.15) is 17.5 Å². The van der Waals surface area contributed by atoms with Crippen molar-refractivity contribution >= 4 is 41.0 Å². The zero-order valence-corrected chi connectivity index (χ0v) is 31.3. The van der Waals surface area contributed by atoms with Crippen LogP contribution in [-0.4, -0.2) is 67.6 Å². The highest BCUT2D eigenvalue weighted by Gasteiger charge is 2.38. The summed E-state index contributed by atoms with van der Waals surface area (Å²) in [6, 6.07) is 9.17. The number of carbonyl (C=O) groups is 4. The van der Waals surface area contributed by atoms with E-state index in [1.54, 1.807) is 6.20 Å². The van der Waals surface area contributed by atoms with Crippen LogP contribution >= 0.6 is 11.8 Å². The Bertz CT molecular complexity index is 1680. The van der Waals surface area contributed by atoms with E-state index in [9.17, 15) is 28.0 Å². The third-order valence-corrected chi connectivity index (χ3v) is 9.19. The fourth-order valence-corrected chi connectivity index (χ4v) is 6.49. The number of rotatable bonds is 20. The third-order valence-electron chi connectivity index (χ3n) is 8.16. The van der Waals surface area contributed by atoms with Gasteiger partial charge in [-0.25, -0.2) is 18.7 Å². The minimum absolute atomic E-state index is 0.0757. The molecule has 0 radical (unpaired) electrons. The maximum atomic E-state index is 14.8. The number of hydrogen-bond donors (Lipinski definition) is 2. The smallest absolute Gasteiger partial charge is 0.257 e. The van der Waals surface area contributed by atoms with Crippen molar-refractivity contribution in [3.05, 3.63) is 109 Å². The van der Waals surface area contributed by atoms with Crippen LogP contribution in [0.1, 0.15) is 82.9 Å². The van der Waals surface area contributed by atoms with E-state index in [1.807, 2.05) is 60.6 Å². The largest absolute Gasteiger partial charge is 0.331 e. The summed E-state index contributed by atoms with van der Waals surface area (Å²) >= 11 is 1.51. The van der Waals surface area contributed by atoms with Gasteiger partial charge in [-0.15, -0.1) is 0 Å². The molecule has 0 spiro atoms. The van der Waals surface area contributed by atoms with Gasteiger partial charge in [-0.1, -0.05) is 70.2 Å². The predicted molar refractivity (Wildman–Crippen MR) is 203 cm³/mol. The molecule has 3 rings (SSSR count). The van der Waals surface area contributed by atoms with Gasteiger partial charge in [-0.05, 0) is 55.5 Å². The maximum Gasteiger partial charge on any atom is 0.257 e. The highest BCUT2D eigenvalue weighted by Crippen LogP contribution is 2.39. The Morgan fingerprint density at radius 1 is 1.08 bits per heavy atom. The van der Waals surface area contributed by atoms with Crippen molar-refractivity contribution < 1.29 is 28.0 Å². The Kier molecular flexibility index (Phi) is 16.4. The molecule has 13 heteroatoms. The molecule has 0 aliphatic carbocycles. The average Bonchev–Trinajstić information content (AvgIpc) is 3.65. The molecule has 1 atom stereocenters. The van der Waals surface area contributed by atoms with Gasteiger partial charge in [0.15, 0.2) is 0 Å². The number of amides is 4. The molecule has 1 aromatic heterocycles. The molecule has 3 N–H and O–H groups in total. The van der Waals surface area contributed by atoms with Crippen molar-refractivity contribution in [1.82, 2.24) is 24.7 Å². The van der Waals surface area contributed by atoms with E-state index in [2.05, 4.69) is 11.9 Å². The fourth-order valence-electron chi connectivity index (χ4n) is 5.60. The average molecular weight is 737 g/mol.